The second-order valence-electron chi connectivity index (χ2n) is 9.50. The molecule has 0 aromatic rings. The number of rotatable bonds is 7. The zero-order chi connectivity index (χ0) is 24.0. The zero-order valence-corrected chi connectivity index (χ0v) is 20.2. The van der Waals surface area contributed by atoms with E-state index in [1.54, 1.807) is 25.9 Å². The van der Waals surface area contributed by atoms with Gasteiger partial charge >= 0.3 is 5.97 Å². The van der Waals surface area contributed by atoms with Crippen LogP contribution in [0.2, 0.25) is 0 Å². The Bertz CT molecular complexity index is 886. The first kappa shape index (κ1) is 24.0. The number of likely N-dealkylation sites (N-methyl/N-ethyl adjacent to an activating group) is 1. The summed E-state index contributed by atoms with van der Waals surface area (Å²) in [6.45, 7) is 4.89. The van der Waals surface area contributed by atoms with Crippen LogP contribution in [0.1, 0.15) is 33.1 Å². The van der Waals surface area contributed by atoms with Crippen LogP contribution < -0.4 is 10.6 Å². The Morgan fingerprint density at radius 1 is 1.33 bits per heavy atom. The minimum absolute atomic E-state index is 0.000113. The van der Waals surface area contributed by atoms with E-state index in [4.69, 9.17) is 4.74 Å². The topological polar surface area (TPSA) is 128 Å². The summed E-state index contributed by atoms with van der Waals surface area (Å²) in [6, 6.07) is -1.02. The highest BCUT2D eigenvalue weighted by Crippen LogP contribution is 2.51. The van der Waals surface area contributed by atoms with E-state index in [-0.39, 0.29) is 46.7 Å². The van der Waals surface area contributed by atoms with Crippen LogP contribution in [0, 0.1) is 11.8 Å². The number of hydrogen-bond donors (Lipinski definition) is 3. The number of carboxylic acids is 1. The van der Waals surface area contributed by atoms with Crippen molar-refractivity contribution in [2.24, 2.45) is 11.8 Å². The van der Waals surface area contributed by atoms with Crippen molar-refractivity contribution in [3.05, 3.63) is 10.6 Å². The van der Waals surface area contributed by atoms with Gasteiger partial charge in [-0.15, -0.1) is 11.8 Å². The summed E-state index contributed by atoms with van der Waals surface area (Å²) in [5.41, 5.74) is 0.0405. The Kier molecular flexibility index (Phi) is 6.75. The molecule has 0 saturated carbocycles. The van der Waals surface area contributed by atoms with Gasteiger partial charge in [0.1, 0.15) is 11.8 Å². The van der Waals surface area contributed by atoms with Gasteiger partial charge in [-0.1, -0.05) is 6.92 Å². The van der Waals surface area contributed by atoms with Gasteiger partial charge in [-0.05, 0) is 26.2 Å². The van der Waals surface area contributed by atoms with Crippen LogP contribution in [0.4, 0.5) is 0 Å². The van der Waals surface area contributed by atoms with Crippen molar-refractivity contribution in [3.8, 4) is 0 Å². The number of ether oxygens (including phenoxy) is 1. The van der Waals surface area contributed by atoms with Gasteiger partial charge in [0, 0.05) is 49.4 Å². The Labute approximate surface area is 197 Å². The van der Waals surface area contributed by atoms with E-state index in [0.717, 1.165) is 6.42 Å². The maximum Gasteiger partial charge on any atom is 0.353 e. The Morgan fingerprint density at radius 3 is 2.67 bits per heavy atom. The van der Waals surface area contributed by atoms with Gasteiger partial charge in [0.15, 0.2) is 0 Å². The molecule has 4 heterocycles. The summed E-state index contributed by atoms with van der Waals surface area (Å²) in [6.07, 6.45) is 1.62. The minimum atomic E-state index is -1.12. The molecule has 4 aliphatic heterocycles. The third kappa shape index (κ3) is 4.26. The maximum atomic E-state index is 13.0. The van der Waals surface area contributed by atoms with Crippen LogP contribution in [0.15, 0.2) is 10.6 Å². The minimum Gasteiger partial charge on any atom is -0.477 e. The Hall–Kier alpha value is -2.11. The van der Waals surface area contributed by atoms with Gasteiger partial charge in [-0.2, -0.15) is 0 Å². The number of nitrogens with one attached hydrogen (secondary N) is 2. The lowest BCUT2D eigenvalue weighted by Crippen LogP contribution is -2.66. The zero-order valence-electron chi connectivity index (χ0n) is 19.4. The number of amides is 3. The summed E-state index contributed by atoms with van der Waals surface area (Å²) in [5, 5.41) is 16.1. The normalized spacial score (nSPS) is 34.2. The number of thioether (sulfide) groups is 1. The number of hydrogen-bond acceptors (Lipinski definition) is 7. The van der Waals surface area contributed by atoms with Gasteiger partial charge in [0.25, 0.3) is 0 Å². The number of carbonyl (C=O) groups is 4. The van der Waals surface area contributed by atoms with Crippen LogP contribution >= 0.6 is 11.8 Å². The van der Waals surface area contributed by atoms with E-state index in [2.05, 4.69) is 10.6 Å². The summed E-state index contributed by atoms with van der Waals surface area (Å²) in [7, 11) is 3.42. The third-order valence-electron chi connectivity index (χ3n) is 7.05. The second-order valence-corrected chi connectivity index (χ2v) is 10.8. The fourth-order valence-electron chi connectivity index (χ4n) is 5.36. The maximum absolute atomic E-state index is 13.0. The van der Waals surface area contributed by atoms with Crippen molar-refractivity contribution >= 4 is 35.5 Å². The number of carbonyl (C=O) groups excluding carboxylic acids is 3. The van der Waals surface area contributed by atoms with Crippen LogP contribution in [0.25, 0.3) is 0 Å². The van der Waals surface area contributed by atoms with E-state index >= 15 is 0 Å². The molecule has 3 amide bonds. The SMILES string of the molecule is C[C@@H](NC(=O)[C@H]1CCCO1)[C@H]1C(=O)N2C(C(=O)O)=C(S[C@@H]3CN[C@H](C(=O)N(C)C)C3)[C@H](C)[C@H]12. The lowest BCUT2D eigenvalue weighted by Gasteiger charge is -2.47. The molecule has 0 spiro atoms. The molecule has 0 aliphatic carbocycles. The van der Waals surface area contributed by atoms with Gasteiger partial charge in [-0.25, -0.2) is 4.79 Å². The molecule has 0 radical (unpaired) electrons. The molecular weight excluding hydrogens is 448 g/mol. The number of nitrogens with zero attached hydrogens (tertiary/aromatic N) is 2. The predicted molar refractivity (Wildman–Crippen MR) is 121 cm³/mol. The first-order valence-corrected chi connectivity index (χ1v) is 12.3. The molecule has 0 aromatic carbocycles. The summed E-state index contributed by atoms with van der Waals surface area (Å²) < 4.78 is 5.43. The molecule has 0 unspecified atom stereocenters. The molecule has 182 valence electrons. The van der Waals surface area contributed by atoms with Crippen molar-refractivity contribution in [3.63, 3.8) is 0 Å². The van der Waals surface area contributed by atoms with Crippen molar-refractivity contribution in [1.29, 1.82) is 0 Å². The summed E-state index contributed by atoms with van der Waals surface area (Å²) in [5.74, 6) is -2.27. The molecule has 33 heavy (non-hydrogen) atoms. The Morgan fingerprint density at radius 2 is 2.06 bits per heavy atom. The van der Waals surface area contributed by atoms with Crippen molar-refractivity contribution in [1.82, 2.24) is 20.4 Å². The predicted octanol–water partition coefficient (Wildman–Crippen LogP) is -0.00510. The number of carboxylic acid groups (broad SMARTS) is 1. The van der Waals surface area contributed by atoms with Crippen LogP contribution in [-0.2, 0) is 23.9 Å². The van der Waals surface area contributed by atoms with Crippen LogP contribution in [0.5, 0.6) is 0 Å². The first-order valence-electron chi connectivity index (χ1n) is 11.5. The van der Waals surface area contributed by atoms with Crippen LogP contribution in [0.3, 0.4) is 0 Å². The van der Waals surface area contributed by atoms with E-state index in [9.17, 15) is 24.3 Å². The van der Waals surface area contributed by atoms with E-state index in [0.29, 0.717) is 30.9 Å². The highest BCUT2D eigenvalue weighted by Gasteiger charge is 2.60. The number of aliphatic carboxylic acids is 1. The lowest BCUT2D eigenvalue weighted by molar-refractivity contribution is -0.159. The van der Waals surface area contributed by atoms with E-state index in [1.807, 2.05) is 6.92 Å². The molecule has 3 fully saturated rings. The lowest BCUT2D eigenvalue weighted by atomic mass is 9.78. The average molecular weight is 481 g/mol. The highest BCUT2D eigenvalue weighted by atomic mass is 32.2. The van der Waals surface area contributed by atoms with Crippen molar-refractivity contribution in [2.45, 2.75) is 62.6 Å². The smallest absolute Gasteiger partial charge is 0.353 e. The third-order valence-corrected chi connectivity index (χ3v) is 8.56. The highest BCUT2D eigenvalue weighted by molar-refractivity contribution is 8.03. The van der Waals surface area contributed by atoms with Gasteiger partial charge in [0.05, 0.1) is 18.0 Å². The molecule has 4 aliphatic rings. The molecule has 11 heteroatoms. The van der Waals surface area contributed by atoms with Gasteiger partial charge < -0.3 is 30.3 Å². The number of β-lactam (4-membered cyclic amide) rings is 1. The molecule has 3 N–H and O–H groups in total. The van der Waals surface area contributed by atoms with Gasteiger partial charge in [0.2, 0.25) is 17.7 Å². The molecular formula is C22H32N4O6S. The van der Waals surface area contributed by atoms with Gasteiger partial charge in [-0.3, -0.25) is 14.4 Å². The fraction of sp³-hybridized carbons (Fsp3) is 0.727. The Balaban J connectivity index is 1.45. The molecule has 3 saturated heterocycles. The molecule has 10 nitrogen and oxygen atoms in total. The van der Waals surface area contributed by atoms with Crippen LogP contribution in [-0.4, -0.2) is 95.3 Å². The number of fused-ring (bicyclic) bond motifs is 1. The summed E-state index contributed by atoms with van der Waals surface area (Å²) >= 11 is 1.45. The second kappa shape index (κ2) is 9.27. The average Bonchev–Trinajstić information content (AvgIpc) is 3.48. The van der Waals surface area contributed by atoms with E-state index < -0.39 is 24.0 Å². The molecule has 0 aromatic heterocycles. The van der Waals surface area contributed by atoms with Crippen molar-refractivity contribution < 1.29 is 29.0 Å². The van der Waals surface area contributed by atoms with E-state index in [1.165, 1.54) is 16.7 Å². The first-order chi connectivity index (χ1) is 15.6. The fourth-order valence-corrected chi connectivity index (χ4v) is 6.84. The van der Waals surface area contributed by atoms with Crippen molar-refractivity contribution in [2.75, 3.05) is 27.2 Å². The molecule has 0 bridgehead atoms. The monoisotopic (exact) mass is 480 g/mol. The molecule has 4 rings (SSSR count). The largest absolute Gasteiger partial charge is 0.477 e. The standard InChI is InChI=1S/C22H32N4O6S/c1-10-16-15(11(2)24-19(27)14-6-5-7-32-14)21(29)26(16)17(22(30)31)18(10)33-12-8-13(23-9-12)20(28)25(3)4/h10-16,23H,5-9H2,1-4H3,(H,24,27)(H,30,31)/t10-,11-,12+,13+,14-,15-,16-/m1/s1. The molecule has 7 atom stereocenters. The summed E-state index contributed by atoms with van der Waals surface area (Å²) in [4.78, 5) is 53.5. The quantitative estimate of drug-likeness (QED) is 0.434.